The van der Waals surface area contributed by atoms with Crippen molar-refractivity contribution in [2.45, 2.75) is 82.6 Å². The SMILES string of the molecule is C[C@H]1CN[C@H]([C@@]23O[C@H]4COC(C)(C)O[C@H]4[C@@H]2OC(C)(C)O3)ON1C. The molecule has 0 aromatic rings. The van der Waals surface area contributed by atoms with E-state index in [1.807, 2.05) is 39.8 Å². The summed E-state index contributed by atoms with van der Waals surface area (Å²) >= 11 is 0. The van der Waals surface area contributed by atoms with Gasteiger partial charge >= 0.3 is 0 Å². The molecule has 138 valence electrons. The van der Waals surface area contributed by atoms with E-state index < -0.39 is 29.7 Å². The molecule has 4 fully saturated rings. The van der Waals surface area contributed by atoms with Crippen molar-refractivity contribution in [1.29, 1.82) is 0 Å². The Morgan fingerprint density at radius 1 is 1.04 bits per heavy atom. The summed E-state index contributed by atoms with van der Waals surface area (Å²) in [6, 6.07) is 0.258. The molecule has 4 saturated heterocycles. The third-order valence-corrected chi connectivity index (χ3v) is 5.08. The predicted molar refractivity (Wildman–Crippen MR) is 82.6 cm³/mol. The smallest absolute Gasteiger partial charge is 0.243 e. The number of hydrogen-bond donors (Lipinski definition) is 1. The van der Waals surface area contributed by atoms with E-state index in [0.717, 1.165) is 6.54 Å². The molecular formula is C16H28N2O6. The lowest BCUT2D eigenvalue weighted by atomic mass is 10.0. The van der Waals surface area contributed by atoms with E-state index in [1.165, 1.54) is 0 Å². The van der Waals surface area contributed by atoms with Gasteiger partial charge in [0.1, 0.15) is 18.3 Å². The maximum absolute atomic E-state index is 6.32. The topological polar surface area (TPSA) is 70.7 Å². The van der Waals surface area contributed by atoms with Crippen LogP contribution in [0.15, 0.2) is 0 Å². The number of likely N-dealkylation sites (N-methyl/N-ethyl adjacent to an activating group) is 1. The molecule has 0 aromatic carbocycles. The van der Waals surface area contributed by atoms with Gasteiger partial charge in [0.05, 0.1) is 6.61 Å². The highest BCUT2D eigenvalue weighted by Crippen LogP contribution is 2.51. The first kappa shape index (κ1) is 17.1. The zero-order valence-electron chi connectivity index (χ0n) is 15.2. The second kappa shape index (κ2) is 5.34. The van der Waals surface area contributed by atoms with Gasteiger partial charge in [-0.15, -0.1) is 0 Å². The lowest BCUT2D eigenvalue weighted by molar-refractivity contribution is -0.367. The Kier molecular flexibility index (Phi) is 3.81. The number of hydroxylamine groups is 2. The third-order valence-electron chi connectivity index (χ3n) is 5.08. The molecule has 0 aromatic heterocycles. The van der Waals surface area contributed by atoms with Gasteiger partial charge in [-0.2, -0.15) is 5.06 Å². The number of ether oxygens (including phenoxy) is 5. The van der Waals surface area contributed by atoms with Gasteiger partial charge < -0.3 is 23.7 Å². The molecule has 8 heteroatoms. The van der Waals surface area contributed by atoms with Gasteiger partial charge in [0, 0.05) is 19.6 Å². The molecule has 4 aliphatic rings. The van der Waals surface area contributed by atoms with Crippen LogP contribution in [0.1, 0.15) is 34.6 Å². The monoisotopic (exact) mass is 344 g/mol. The summed E-state index contributed by atoms with van der Waals surface area (Å²) in [6.07, 6.45) is -1.41. The molecular weight excluding hydrogens is 316 g/mol. The minimum absolute atomic E-state index is 0.255. The average Bonchev–Trinajstić information content (AvgIpc) is 2.90. The highest BCUT2D eigenvalue weighted by atomic mass is 16.9. The quantitative estimate of drug-likeness (QED) is 0.740. The Balaban J connectivity index is 1.64. The number of hydrogen-bond acceptors (Lipinski definition) is 8. The fraction of sp³-hybridized carbons (Fsp3) is 1.00. The van der Waals surface area contributed by atoms with E-state index in [1.54, 1.807) is 0 Å². The molecule has 4 rings (SSSR count). The minimum Gasteiger partial charge on any atom is -0.348 e. The summed E-state index contributed by atoms with van der Waals surface area (Å²) in [5.41, 5.74) is 0. The standard InChI is InChI=1S/C16H28N2O6/c1-9-7-17-13(23-18(9)6)16-12(22-15(4,5)24-16)11-10(20-16)8-19-14(2,3)21-11/h9-13,17H,7-8H2,1-6H3/t9-,10-,11+,12-,13-,16+/m0/s1. The van der Waals surface area contributed by atoms with Crippen LogP contribution in [0, 0.1) is 0 Å². The van der Waals surface area contributed by atoms with Crippen LogP contribution in [0.4, 0.5) is 0 Å². The summed E-state index contributed by atoms with van der Waals surface area (Å²) in [6.45, 7) is 10.8. The summed E-state index contributed by atoms with van der Waals surface area (Å²) in [5, 5.41) is 5.21. The summed E-state index contributed by atoms with van der Waals surface area (Å²) in [4.78, 5) is 6.03. The van der Waals surface area contributed by atoms with Crippen LogP contribution in [0.2, 0.25) is 0 Å². The maximum Gasteiger partial charge on any atom is 0.243 e. The third kappa shape index (κ3) is 2.60. The second-order valence-electron chi connectivity index (χ2n) is 8.00. The van der Waals surface area contributed by atoms with Gasteiger partial charge in [0.15, 0.2) is 17.8 Å². The maximum atomic E-state index is 6.32. The van der Waals surface area contributed by atoms with Crippen molar-refractivity contribution in [2.24, 2.45) is 0 Å². The van der Waals surface area contributed by atoms with Crippen molar-refractivity contribution in [3.8, 4) is 0 Å². The molecule has 0 saturated carbocycles. The van der Waals surface area contributed by atoms with E-state index in [-0.39, 0.29) is 18.2 Å². The molecule has 4 heterocycles. The number of fused-ring (bicyclic) bond motifs is 3. The van der Waals surface area contributed by atoms with Gasteiger partial charge in [-0.05, 0) is 34.6 Å². The zero-order valence-corrected chi connectivity index (χ0v) is 15.2. The van der Waals surface area contributed by atoms with Crippen LogP contribution < -0.4 is 5.32 Å². The molecule has 0 aliphatic carbocycles. The van der Waals surface area contributed by atoms with Gasteiger partial charge in [-0.25, -0.2) is 0 Å². The fourth-order valence-corrected chi connectivity index (χ4v) is 3.84. The summed E-state index contributed by atoms with van der Waals surface area (Å²) in [5.74, 6) is -2.53. The van der Waals surface area contributed by atoms with Crippen LogP contribution in [0.25, 0.3) is 0 Å². The van der Waals surface area contributed by atoms with Crippen molar-refractivity contribution < 1.29 is 28.5 Å². The predicted octanol–water partition coefficient (Wildman–Crippen LogP) is 0.566. The van der Waals surface area contributed by atoms with Crippen molar-refractivity contribution >= 4 is 0 Å². The average molecular weight is 344 g/mol. The van der Waals surface area contributed by atoms with Crippen LogP contribution in [0.5, 0.6) is 0 Å². The van der Waals surface area contributed by atoms with E-state index >= 15 is 0 Å². The lowest BCUT2D eigenvalue weighted by Crippen LogP contribution is -2.65. The van der Waals surface area contributed by atoms with Crippen LogP contribution in [0.3, 0.4) is 0 Å². The normalized spacial score (nSPS) is 50.5. The number of rotatable bonds is 1. The van der Waals surface area contributed by atoms with Crippen LogP contribution in [-0.4, -0.2) is 73.2 Å². The largest absolute Gasteiger partial charge is 0.348 e. The Labute approximate surface area is 142 Å². The highest BCUT2D eigenvalue weighted by Gasteiger charge is 2.71. The molecule has 0 spiro atoms. The Morgan fingerprint density at radius 2 is 1.79 bits per heavy atom. The van der Waals surface area contributed by atoms with E-state index in [9.17, 15) is 0 Å². The Morgan fingerprint density at radius 3 is 2.50 bits per heavy atom. The molecule has 1 N–H and O–H groups in total. The van der Waals surface area contributed by atoms with Gasteiger partial charge in [0.2, 0.25) is 5.79 Å². The molecule has 0 radical (unpaired) electrons. The van der Waals surface area contributed by atoms with Crippen molar-refractivity contribution in [3.63, 3.8) is 0 Å². The molecule has 0 bridgehead atoms. The molecule has 4 aliphatic heterocycles. The van der Waals surface area contributed by atoms with E-state index in [2.05, 4.69) is 12.2 Å². The molecule has 0 amide bonds. The first-order valence-electron chi connectivity index (χ1n) is 8.62. The molecule has 6 atom stereocenters. The summed E-state index contributed by atoms with van der Waals surface area (Å²) < 4.78 is 30.6. The first-order chi connectivity index (χ1) is 11.1. The second-order valence-corrected chi connectivity index (χ2v) is 8.00. The number of nitrogens with zero attached hydrogens (tertiary/aromatic N) is 1. The van der Waals surface area contributed by atoms with Crippen molar-refractivity contribution in [3.05, 3.63) is 0 Å². The minimum atomic E-state index is -1.07. The molecule has 24 heavy (non-hydrogen) atoms. The van der Waals surface area contributed by atoms with Crippen LogP contribution in [-0.2, 0) is 28.5 Å². The molecule has 8 nitrogen and oxygen atoms in total. The van der Waals surface area contributed by atoms with Crippen molar-refractivity contribution in [2.75, 3.05) is 20.2 Å². The van der Waals surface area contributed by atoms with Gasteiger partial charge in [-0.1, -0.05) is 0 Å². The number of nitrogens with one attached hydrogen (secondary N) is 1. The first-order valence-corrected chi connectivity index (χ1v) is 8.62. The zero-order chi connectivity index (χ0) is 17.3. The Bertz CT molecular complexity index is 515. The van der Waals surface area contributed by atoms with Gasteiger partial charge in [0.25, 0.3) is 0 Å². The highest BCUT2D eigenvalue weighted by molar-refractivity contribution is 5.08. The van der Waals surface area contributed by atoms with Crippen LogP contribution >= 0.6 is 0 Å². The fourth-order valence-electron chi connectivity index (χ4n) is 3.84. The van der Waals surface area contributed by atoms with E-state index in [4.69, 9.17) is 28.5 Å². The Hall–Kier alpha value is -0.320. The van der Waals surface area contributed by atoms with E-state index in [0.29, 0.717) is 6.61 Å². The summed E-state index contributed by atoms with van der Waals surface area (Å²) in [7, 11) is 1.91. The van der Waals surface area contributed by atoms with Crippen molar-refractivity contribution in [1.82, 2.24) is 10.4 Å². The van der Waals surface area contributed by atoms with Gasteiger partial charge in [-0.3, -0.25) is 10.2 Å². The lowest BCUT2D eigenvalue weighted by Gasteiger charge is -2.42. The molecule has 0 unspecified atom stereocenters.